The van der Waals surface area contributed by atoms with Gasteiger partial charge in [-0.1, -0.05) is 19.8 Å². The maximum Gasteiger partial charge on any atom is 0.0847 e. The van der Waals surface area contributed by atoms with Crippen LogP contribution in [-0.2, 0) is 9.47 Å². The molecule has 0 aromatic heterocycles. The molecular formula is C15H30N2O2. The first-order valence-corrected chi connectivity index (χ1v) is 7.79. The molecule has 4 nitrogen and oxygen atoms in total. The van der Waals surface area contributed by atoms with E-state index in [1.54, 1.807) is 0 Å². The van der Waals surface area contributed by atoms with E-state index in [-0.39, 0.29) is 11.6 Å². The molecule has 0 spiro atoms. The molecule has 112 valence electrons. The molecule has 2 fully saturated rings. The Labute approximate surface area is 117 Å². The Morgan fingerprint density at radius 1 is 1.37 bits per heavy atom. The molecule has 1 saturated heterocycles. The third-order valence-electron chi connectivity index (χ3n) is 5.14. The van der Waals surface area contributed by atoms with Crippen LogP contribution in [0.4, 0.5) is 0 Å². The molecule has 1 saturated carbocycles. The molecule has 1 aliphatic heterocycles. The zero-order chi connectivity index (χ0) is 13.7. The predicted molar refractivity (Wildman–Crippen MR) is 76.6 cm³/mol. The van der Waals surface area contributed by atoms with Gasteiger partial charge in [0.15, 0.2) is 0 Å². The molecule has 1 aliphatic carbocycles. The van der Waals surface area contributed by atoms with Crippen LogP contribution in [0.1, 0.15) is 51.9 Å². The second-order valence-corrected chi connectivity index (χ2v) is 6.48. The third kappa shape index (κ3) is 3.69. The lowest BCUT2D eigenvalue weighted by molar-refractivity contribution is -0.0868. The number of ether oxygens (including phenoxy) is 2. The molecule has 19 heavy (non-hydrogen) atoms. The van der Waals surface area contributed by atoms with E-state index in [1.165, 1.54) is 12.8 Å². The Morgan fingerprint density at radius 3 is 2.68 bits per heavy atom. The van der Waals surface area contributed by atoms with Crippen LogP contribution in [-0.4, -0.2) is 32.0 Å². The lowest BCUT2D eigenvalue weighted by atomic mass is 9.72. The second-order valence-electron chi connectivity index (χ2n) is 6.48. The molecule has 2 aliphatic rings. The van der Waals surface area contributed by atoms with Gasteiger partial charge in [-0.05, 0) is 43.9 Å². The van der Waals surface area contributed by atoms with Crippen LogP contribution in [0.15, 0.2) is 0 Å². The summed E-state index contributed by atoms with van der Waals surface area (Å²) < 4.78 is 11.4. The molecule has 0 aromatic carbocycles. The minimum absolute atomic E-state index is 0.0648. The summed E-state index contributed by atoms with van der Waals surface area (Å²) >= 11 is 0. The lowest BCUT2D eigenvalue weighted by Gasteiger charge is -2.45. The summed E-state index contributed by atoms with van der Waals surface area (Å²) in [6, 6.07) is 0.267. The van der Waals surface area contributed by atoms with Crippen LogP contribution in [0, 0.1) is 11.8 Å². The van der Waals surface area contributed by atoms with Gasteiger partial charge in [-0.2, -0.15) is 0 Å². The molecular weight excluding hydrogens is 240 g/mol. The van der Waals surface area contributed by atoms with E-state index in [2.05, 4.69) is 12.3 Å². The highest BCUT2D eigenvalue weighted by Crippen LogP contribution is 2.39. The Bertz CT molecular complexity index is 269. The van der Waals surface area contributed by atoms with E-state index in [4.69, 9.17) is 15.3 Å². The Morgan fingerprint density at radius 2 is 2.11 bits per heavy atom. The SMILES string of the molecule is COC1(C(CC2CCOCC2)NN)CCCC(C)C1. The predicted octanol–water partition coefficient (Wildman–Crippen LogP) is 2.23. The number of rotatable bonds is 5. The number of hydrazine groups is 1. The largest absolute Gasteiger partial charge is 0.381 e. The standard InChI is InChI=1S/C15H30N2O2/c1-12-4-3-7-15(11-12,18-2)14(17-16)10-13-5-8-19-9-6-13/h12-14,17H,3-11,16H2,1-2H3. The van der Waals surface area contributed by atoms with E-state index in [9.17, 15) is 0 Å². The zero-order valence-electron chi connectivity index (χ0n) is 12.5. The fourth-order valence-electron chi connectivity index (χ4n) is 3.94. The molecule has 0 amide bonds. The summed E-state index contributed by atoms with van der Waals surface area (Å²) in [7, 11) is 1.85. The first kappa shape index (κ1) is 15.2. The second kappa shape index (κ2) is 7.02. The van der Waals surface area contributed by atoms with Gasteiger partial charge >= 0.3 is 0 Å². The van der Waals surface area contributed by atoms with E-state index in [0.29, 0.717) is 0 Å². The highest BCUT2D eigenvalue weighted by molar-refractivity contribution is 4.97. The molecule has 3 N–H and O–H groups in total. The molecule has 3 atom stereocenters. The minimum Gasteiger partial charge on any atom is -0.381 e. The van der Waals surface area contributed by atoms with Crippen molar-refractivity contribution >= 4 is 0 Å². The van der Waals surface area contributed by atoms with Crippen LogP contribution in [0.5, 0.6) is 0 Å². The molecule has 0 bridgehead atoms. The molecule has 1 heterocycles. The van der Waals surface area contributed by atoms with E-state index < -0.39 is 0 Å². The van der Waals surface area contributed by atoms with Gasteiger partial charge in [-0.15, -0.1) is 0 Å². The molecule has 0 aromatic rings. The van der Waals surface area contributed by atoms with Crippen molar-refractivity contribution in [3.8, 4) is 0 Å². The number of nitrogens with one attached hydrogen (secondary N) is 1. The first-order chi connectivity index (χ1) is 9.20. The van der Waals surface area contributed by atoms with Gasteiger partial charge in [0.05, 0.1) is 11.6 Å². The Hall–Kier alpha value is -0.160. The summed E-state index contributed by atoms with van der Waals surface area (Å²) in [6.45, 7) is 4.13. The van der Waals surface area contributed by atoms with Gasteiger partial charge < -0.3 is 9.47 Å². The van der Waals surface area contributed by atoms with Gasteiger partial charge in [0, 0.05) is 20.3 Å². The van der Waals surface area contributed by atoms with Crippen LogP contribution in [0.3, 0.4) is 0 Å². The number of methoxy groups -OCH3 is 1. The van der Waals surface area contributed by atoms with Crippen molar-refractivity contribution in [1.82, 2.24) is 5.43 Å². The van der Waals surface area contributed by atoms with Crippen LogP contribution >= 0.6 is 0 Å². The Balaban J connectivity index is 2.00. The van der Waals surface area contributed by atoms with E-state index in [1.807, 2.05) is 7.11 Å². The van der Waals surface area contributed by atoms with Crippen molar-refractivity contribution in [1.29, 1.82) is 0 Å². The maximum atomic E-state index is 5.97. The van der Waals surface area contributed by atoms with Crippen LogP contribution in [0.2, 0.25) is 0 Å². The molecule has 0 radical (unpaired) electrons. The van der Waals surface area contributed by atoms with Crippen molar-refractivity contribution < 1.29 is 9.47 Å². The highest BCUT2D eigenvalue weighted by atomic mass is 16.5. The Kier molecular flexibility index (Phi) is 5.63. The van der Waals surface area contributed by atoms with Crippen LogP contribution in [0.25, 0.3) is 0 Å². The molecule has 3 unspecified atom stereocenters. The fourth-order valence-corrected chi connectivity index (χ4v) is 3.94. The summed E-state index contributed by atoms with van der Waals surface area (Å²) in [5, 5.41) is 0. The fraction of sp³-hybridized carbons (Fsp3) is 1.00. The topological polar surface area (TPSA) is 56.5 Å². The summed E-state index contributed by atoms with van der Waals surface area (Å²) in [5.74, 6) is 7.32. The van der Waals surface area contributed by atoms with E-state index in [0.717, 1.165) is 57.2 Å². The summed E-state index contributed by atoms with van der Waals surface area (Å²) in [5.41, 5.74) is 3.00. The van der Waals surface area contributed by atoms with Gasteiger partial charge in [0.25, 0.3) is 0 Å². The summed E-state index contributed by atoms with van der Waals surface area (Å²) in [4.78, 5) is 0. The van der Waals surface area contributed by atoms with Crippen molar-refractivity contribution in [3.05, 3.63) is 0 Å². The monoisotopic (exact) mass is 270 g/mol. The summed E-state index contributed by atoms with van der Waals surface area (Å²) in [6.07, 6.45) is 8.26. The number of hydrogen-bond donors (Lipinski definition) is 2. The smallest absolute Gasteiger partial charge is 0.0847 e. The van der Waals surface area contributed by atoms with Gasteiger partial charge in [0.1, 0.15) is 0 Å². The zero-order valence-corrected chi connectivity index (χ0v) is 12.5. The number of nitrogens with two attached hydrogens (primary N) is 1. The van der Waals surface area contributed by atoms with Gasteiger partial charge in [-0.3, -0.25) is 11.3 Å². The van der Waals surface area contributed by atoms with Crippen molar-refractivity contribution in [2.24, 2.45) is 17.7 Å². The average Bonchev–Trinajstić information content (AvgIpc) is 2.45. The minimum atomic E-state index is -0.0648. The molecule has 2 rings (SSSR count). The van der Waals surface area contributed by atoms with E-state index >= 15 is 0 Å². The number of hydrogen-bond acceptors (Lipinski definition) is 4. The normalized spacial score (nSPS) is 35.2. The van der Waals surface area contributed by atoms with Crippen molar-refractivity contribution in [2.45, 2.75) is 63.5 Å². The van der Waals surface area contributed by atoms with Crippen molar-refractivity contribution in [3.63, 3.8) is 0 Å². The maximum absolute atomic E-state index is 5.97. The first-order valence-electron chi connectivity index (χ1n) is 7.79. The van der Waals surface area contributed by atoms with Crippen molar-refractivity contribution in [2.75, 3.05) is 20.3 Å². The highest BCUT2D eigenvalue weighted by Gasteiger charge is 2.42. The van der Waals surface area contributed by atoms with Crippen LogP contribution < -0.4 is 11.3 Å². The average molecular weight is 270 g/mol. The quantitative estimate of drug-likeness (QED) is 0.594. The van der Waals surface area contributed by atoms with Gasteiger partial charge in [0.2, 0.25) is 0 Å². The van der Waals surface area contributed by atoms with Gasteiger partial charge in [-0.25, -0.2) is 0 Å². The third-order valence-corrected chi connectivity index (χ3v) is 5.14. The lowest BCUT2D eigenvalue weighted by Crippen LogP contribution is -2.57. The molecule has 4 heteroatoms.